The van der Waals surface area contributed by atoms with E-state index in [1.165, 1.54) is 19.9 Å². The van der Waals surface area contributed by atoms with Crippen molar-refractivity contribution in [3.63, 3.8) is 0 Å². The Morgan fingerprint density at radius 1 is 1.24 bits per heavy atom. The molecule has 0 heterocycles. The Morgan fingerprint density at radius 2 is 1.86 bits per heavy atom. The maximum atomic E-state index is 11.2. The Kier molecular flexibility index (Phi) is 5.96. The molecule has 0 bridgehead atoms. The lowest BCUT2D eigenvalue weighted by molar-refractivity contribution is -0.133. The van der Waals surface area contributed by atoms with Crippen LogP contribution in [0.25, 0.3) is 6.08 Å². The molecule has 114 valence electrons. The highest BCUT2D eigenvalue weighted by molar-refractivity contribution is 5.92. The SMILES string of the molecule is CCN(CC)c1ccc(C=C(C)C(=O)O)c(OC(C)=O)c1. The van der Waals surface area contributed by atoms with Gasteiger partial charge in [-0.05, 0) is 39.0 Å². The average molecular weight is 291 g/mol. The minimum absolute atomic E-state index is 0.180. The summed E-state index contributed by atoms with van der Waals surface area (Å²) in [6.07, 6.45) is 1.49. The smallest absolute Gasteiger partial charge is 0.331 e. The first-order valence-corrected chi connectivity index (χ1v) is 6.88. The molecule has 0 atom stereocenters. The van der Waals surface area contributed by atoms with Gasteiger partial charge in [0.05, 0.1) is 0 Å². The van der Waals surface area contributed by atoms with E-state index in [-0.39, 0.29) is 5.57 Å². The standard InChI is InChI=1S/C16H21NO4/c1-5-17(6-2)14-8-7-13(9-11(3)16(19)20)15(10-14)21-12(4)18/h7-10H,5-6H2,1-4H3,(H,19,20). The molecule has 5 nitrogen and oxygen atoms in total. The highest BCUT2D eigenvalue weighted by atomic mass is 16.5. The van der Waals surface area contributed by atoms with Crippen LogP contribution in [0.15, 0.2) is 23.8 Å². The molecule has 0 aliphatic rings. The molecule has 0 aliphatic carbocycles. The lowest BCUT2D eigenvalue weighted by Gasteiger charge is -2.22. The van der Waals surface area contributed by atoms with Crippen LogP contribution in [0.2, 0.25) is 0 Å². The van der Waals surface area contributed by atoms with Crippen LogP contribution in [-0.4, -0.2) is 30.1 Å². The Hall–Kier alpha value is -2.30. The molecule has 1 aromatic rings. The van der Waals surface area contributed by atoms with Gasteiger partial charge in [-0.15, -0.1) is 0 Å². The van der Waals surface area contributed by atoms with Crippen LogP contribution in [0, 0.1) is 0 Å². The summed E-state index contributed by atoms with van der Waals surface area (Å²) >= 11 is 0. The average Bonchev–Trinajstić information content (AvgIpc) is 2.42. The molecule has 0 aliphatic heterocycles. The third kappa shape index (κ3) is 4.63. The zero-order chi connectivity index (χ0) is 16.0. The normalized spacial score (nSPS) is 11.1. The Morgan fingerprint density at radius 3 is 2.33 bits per heavy atom. The van der Waals surface area contributed by atoms with Crippen LogP contribution in [0.1, 0.15) is 33.3 Å². The first-order valence-electron chi connectivity index (χ1n) is 6.88. The number of aliphatic carboxylic acids is 1. The molecule has 0 radical (unpaired) electrons. The summed E-state index contributed by atoms with van der Waals surface area (Å²) in [7, 11) is 0. The second-order valence-corrected chi connectivity index (χ2v) is 4.62. The van der Waals surface area contributed by atoms with Crippen LogP contribution in [-0.2, 0) is 9.59 Å². The fourth-order valence-electron chi connectivity index (χ4n) is 1.97. The molecule has 1 aromatic carbocycles. The van der Waals surface area contributed by atoms with Gasteiger partial charge in [0.1, 0.15) is 5.75 Å². The van der Waals surface area contributed by atoms with Crippen molar-refractivity contribution in [3.8, 4) is 5.75 Å². The molecule has 0 saturated carbocycles. The molecule has 1 rings (SSSR count). The molecule has 0 amide bonds. The van der Waals surface area contributed by atoms with Gasteiger partial charge < -0.3 is 14.7 Å². The monoisotopic (exact) mass is 291 g/mol. The van der Waals surface area contributed by atoms with Crippen LogP contribution < -0.4 is 9.64 Å². The molecule has 0 fully saturated rings. The summed E-state index contributed by atoms with van der Waals surface area (Å²) in [4.78, 5) is 24.3. The predicted molar refractivity (Wildman–Crippen MR) is 82.6 cm³/mol. The Labute approximate surface area is 124 Å². The van der Waals surface area contributed by atoms with Crippen LogP contribution in [0.4, 0.5) is 5.69 Å². The zero-order valence-corrected chi connectivity index (χ0v) is 12.8. The number of benzene rings is 1. The molecule has 1 N–H and O–H groups in total. The topological polar surface area (TPSA) is 66.8 Å². The fourth-order valence-corrected chi connectivity index (χ4v) is 1.97. The van der Waals surface area contributed by atoms with Crippen molar-refractivity contribution in [2.75, 3.05) is 18.0 Å². The van der Waals surface area contributed by atoms with E-state index in [0.717, 1.165) is 18.8 Å². The third-order valence-electron chi connectivity index (χ3n) is 3.09. The number of esters is 1. The summed E-state index contributed by atoms with van der Waals surface area (Å²) in [6.45, 7) is 8.56. The van der Waals surface area contributed by atoms with Crippen molar-refractivity contribution in [1.82, 2.24) is 0 Å². The number of anilines is 1. The van der Waals surface area contributed by atoms with E-state index in [4.69, 9.17) is 9.84 Å². The number of carboxylic acid groups (broad SMARTS) is 1. The van der Waals surface area contributed by atoms with Gasteiger partial charge in [-0.2, -0.15) is 0 Å². The second-order valence-electron chi connectivity index (χ2n) is 4.62. The quantitative estimate of drug-likeness (QED) is 0.496. The lowest BCUT2D eigenvalue weighted by Crippen LogP contribution is -2.21. The lowest BCUT2D eigenvalue weighted by atomic mass is 10.1. The zero-order valence-electron chi connectivity index (χ0n) is 12.8. The first-order chi connectivity index (χ1) is 9.88. The third-order valence-corrected chi connectivity index (χ3v) is 3.09. The van der Waals surface area contributed by atoms with E-state index in [2.05, 4.69) is 4.90 Å². The number of rotatable bonds is 6. The second kappa shape index (κ2) is 7.47. The Bertz CT molecular complexity index is 559. The molecule has 21 heavy (non-hydrogen) atoms. The first kappa shape index (κ1) is 16.8. The predicted octanol–water partition coefficient (Wildman–Crippen LogP) is 2.95. The maximum Gasteiger partial charge on any atom is 0.331 e. The van der Waals surface area contributed by atoms with Gasteiger partial charge >= 0.3 is 11.9 Å². The Balaban J connectivity index is 3.28. The van der Waals surface area contributed by atoms with Crippen molar-refractivity contribution < 1.29 is 19.4 Å². The van der Waals surface area contributed by atoms with Crippen LogP contribution in [0.3, 0.4) is 0 Å². The van der Waals surface area contributed by atoms with Gasteiger partial charge in [0.25, 0.3) is 0 Å². The number of nitrogens with zero attached hydrogens (tertiary/aromatic N) is 1. The van der Waals surface area contributed by atoms with Gasteiger partial charge in [0.15, 0.2) is 0 Å². The van der Waals surface area contributed by atoms with Gasteiger partial charge in [0.2, 0.25) is 0 Å². The van der Waals surface area contributed by atoms with E-state index in [0.29, 0.717) is 11.3 Å². The van der Waals surface area contributed by atoms with E-state index in [1.54, 1.807) is 12.1 Å². The largest absolute Gasteiger partial charge is 0.478 e. The van der Waals surface area contributed by atoms with Crippen molar-refractivity contribution >= 4 is 23.7 Å². The summed E-state index contributed by atoms with van der Waals surface area (Å²) < 4.78 is 5.20. The number of carbonyl (C=O) groups excluding carboxylic acids is 1. The van der Waals surface area contributed by atoms with Gasteiger partial charge in [0, 0.05) is 42.9 Å². The van der Waals surface area contributed by atoms with Crippen molar-refractivity contribution in [2.24, 2.45) is 0 Å². The van der Waals surface area contributed by atoms with Gasteiger partial charge in [-0.25, -0.2) is 4.79 Å². The van der Waals surface area contributed by atoms with E-state index in [1.807, 2.05) is 19.9 Å². The highest BCUT2D eigenvalue weighted by Gasteiger charge is 2.11. The molecular weight excluding hydrogens is 270 g/mol. The molecule has 0 saturated heterocycles. The molecule has 0 unspecified atom stereocenters. The summed E-state index contributed by atoms with van der Waals surface area (Å²) in [6, 6.07) is 5.41. The number of hydrogen-bond acceptors (Lipinski definition) is 4. The van der Waals surface area contributed by atoms with Crippen LogP contribution in [0.5, 0.6) is 5.75 Å². The maximum absolute atomic E-state index is 11.2. The van der Waals surface area contributed by atoms with E-state index >= 15 is 0 Å². The van der Waals surface area contributed by atoms with Crippen molar-refractivity contribution in [2.45, 2.75) is 27.7 Å². The molecule has 0 aromatic heterocycles. The van der Waals surface area contributed by atoms with E-state index < -0.39 is 11.9 Å². The highest BCUT2D eigenvalue weighted by Crippen LogP contribution is 2.28. The van der Waals surface area contributed by atoms with Gasteiger partial charge in [-0.1, -0.05) is 0 Å². The van der Waals surface area contributed by atoms with E-state index in [9.17, 15) is 9.59 Å². The number of carboxylic acids is 1. The summed E-state index contributed by atoms with van der Waals surface area (Å²) in [5.74, 6) is -1.07. The number of ether oxygens (including phenoxy) is 1. The minimum Gasteiger partial charge on any atom is -0.478 e. The number of carbonyl (C=O) groups is 2. The van der Waals surface area contributed by atoms with Crippen molar-refractivity contribution in [3.05, 3.63) is 29.3 Å². The van der Waals surface area contributed by atoms with Crippen LogP contribution >= 0.6 is 0 Å². The van der Waals surface area contributed by atoms with Crippen molar-refractivity contribution in [1.29, 1.82) is 0 Å². The minimum atomic E-state index is -1.00. The summed E-state index contributed by atoms with van der Waals surface area (Å²) in [5.41, 5.74) is 1.68. The molecule has 0 spiro atoms. The summed E-state index contributed by atoms with van der Waals surface area (Å²) in [5, 5.41) is 8.95. The fraction of sp³-hybridized carbons (Fsp3) is 0.375. The number of hydrogen-bond donors (Lipinski definition) is 1. The molecule has 5 heteroatoms. The van der Waals surface area contributed by atoms with Gasteiger partial charge in [-0.3, -0.25) is 4.79 Å². The molecular formula is C16H21NO4.